The number of rotatable bonds is 9. The van der Waals surface area contributed by atoms with E-state index in [1.165, 1.54) is 87.9 Å². The Hall–Kier alpha value is -9.44. The monoisotopic (exact) mass is 932 g/mol. The van der Waals surface area contributed by atoms with Crippen molar-refractivity contribution in [2.45, 2.75) is 13.3 Å². The molecule has 0 aliphatic carbocycles. The van der Waals surface area contributed by atoms with Gasteiger partial charge in [0, 0.05) is 44.3 Å². The van der Waals surface area contributed by atoms with Crippen molar-refractivity contribution < 1.29 is 4.42 Å². The summed E-state index contributed by atoms with van der Waals surface area (Å²) in [6.45, 7) is 2.24. The molecule has 3 heteroatoms. The van der Waals surface area contributed by atoms with Crippen LogP contribution in [0.1, 0.15) is 16.7 Å². The zero-order chi connectivity index (χ0) is 48.4. The van der Waals surface area contributed by atoms with Crippen molar-refractivity contribution in [1.82, 2.24) is 4.57 Å². The molecule has 12 aromatic carbocycles. The third kappa shape index (κ3) is 7.44. The molecule has 0 N–H and O–H groups in total. The lowest BCUT2D eigenvalue weighted by atomic mass is 9.92. The fourth-order valence-corrected chi connectivity index (χ4v) is 11.4. The van der Waals surface area contributed by atoms with Crippen LogP contribution in [0, 0.1) is 6.92 Å². The van der Waals surface area contributed by atoms with Crippen LogP contribution < -0.4 is 4.90 Å². The fourth-order valence-electron chi connectivity index (χ4n) is 11.4. The Bertz CT molecular complexity index is 4410. The number of hydrogen-bond acceptors (Lipinski definition) is 2. The number of nitrogens with zero attached hydrogens (tertiary/aromatic N) is 2. The van der Waals surface area contributed by atoms with Crippen LogP contribution in [0.25, 0.3) is 104 Å². The summed E-state index contributed by atoms with van der Waals surface area (Å²) >= 11 is 0. The molecular weight excluding hydrogens is 885 g/mol. The van der Waals surface area contributed by atoms with E-state index in [9.17, 15) is 0 Å². The van der Waals surface area contributed by atoms with E-state index in [1.807, 2.05) is 6.07 Å². The topological polar surface area (TPSA) is 21.3 Å². The lowest BCUT2D eigenvalue weighted by molar-refractivity contribution is 0.669. The van der Waals surface area contributed by atoms with E-state index < -0.39 is 0 Å². The number of fused-ring (bicyclic) bond motifs is 9. The quantitative estimate of drug-likeness (QED) is 0.144. The van der Waals surface area contributed by atoms with Gasteiger partial charge in [-0.05, 0) is 176 Å². The molecule has 73 heavy (non-hydrogen) atoms. The summed E-state index contributed by atoms with van der Waals surface area (Å²) in [7, 11) is 0. The first-order valence-electron chi connectivity index (χ1n) is 25.2. The van der Waals surface area contributed by atoms with Gasteiger partial charge in [0.15, 0.2) is 0 Å². The summed E-state index contributed by atoms with van der Waals surface area (Å²) in [4.78, 5) is 2.39. The Morgan fingerprint density at radius 1 is 0.370 bits per heavy atom. The van der Waals surface area contributed by atoms with Gasteiger partial charge in [0.25, 0.3) is 0 Å². The number of anilines is 3. The molecular formula is C70H48N2O. The Morgan fingerprint density at radius 2 is 1.03 bits per heavy atom. The van der Waals surface area contributed by atoms with Gasteiger partial charge in [0.05, 0.1) is 11.0 Å². The average molecular weight is 933 g/mol. The molecule has 14 rings (SSSR count). The molecule has 0 aliphatic heterocycles. The molecule has 0 saturated carbocycles. The van der Waals surface area contributed by atoms with Crippen molar-refractivity contribution in [2.24, 2.45) is 0 Å². The van der Waals surface area contributed by atoms with E-state index in [0.717, 1.165) is 56.7 Å². The van der Waals surface area contributed by atoms with Crippen LogP contribution in [-0.4, -0.2) is 4.57 Å². The highest BCUT2D eigenvalue weighted by molar-refractivity contribution is 6.23. The molecule has 2 heterocycles. The SMILES string of the molecule is Cc1cc(N(c2ccc(-c3cccc(-c4ccc5c(c4)c4cc6c(ccc7oc8ccccc8c76)cc4n5-c4ccccc4)c3)cc2)c2ccc3ccccc3c2)ccc1-c1ccccc1Cc1ccccc1. The number of furan rings is 1. The van der Waals surface area contributed by atoms with Crippen molar-refractivity contribution in [3.05, 3.63) is 278 Å². The summed E-state index contributed by atoms with van der Waals surface area (Å²) in [6, 6.07) is 95.1. The minimum atomic E-state index is 0.887. The normalized spacial score (nSPS) is 11.7. The smallest absolute Gasteiger partial charge is 0.136 e. The summed E-state index contributed by atoms with van der Waals surface area (Å²) in [5.74, 6) is 0. The number of benzene rings is 12. The Morgan fingerprint density at radius 3 is 1.88 bits per heavy atom. The number of hydrogen-bond donors (Lipinski definition) is 0. The number of para-hydroxylation sites is 2. The molecule has 0 spiro atoms. The van der Waals surface area contributed by atoms with Crippen LogP contribution in [0.3, 0.4) is 0 Å². The molecule has 0 bridgehead atoms. The first-order chi connectivity index (χ1) is 36.1. The van der Waals surface area contributed by atoms with E-state index in [1.54, 1.807) is 0 Å². The lowest BCUT2D eigenvalue weighted by Crippen LogP contribution is -2.10. The molecule has 0 atom stereocenters. The first-order valence-corrected chi connectivity index (χ1v) is 25.2. The molecule has 2 aromatic heterocycles. The van der Waals surface area contributed by atoms with Gasteiger partial charge in [-0.3, -0.25) is 0 Å². The van der Waals surface area contributed by atoms with Gasteiger partial charge in [-0.15, -0.1) is 0 Å². The van der Waals surface area contributed by atoms with E-state index in [-0.39, 0.29) is 0 Å². The molecule has 0 aliphatic rings. The van der Waals surface area contributed by atoms with E-state index in [2.05, 4.69) is 271 Å². The second-order valence-electron chi connectivity index (χ2n) is 19.3. The van der Waals surface area contributed by atoms with Crippen LogP contribution in [0.4, 0.5) is 17.1 Å². The van der Waals surface area contributed by atoms with Crippen molar-refractivity contribution in [3.8, 4) is 39.1 Å². The van der Waals surface area contributed by atoms with Crippen LogP contribution in [0.5, 0.6) is 0 Å². The summed E-state index contributed by atoms with van der Waals surface area (Å²) in [5, 5.41) is 9.55. The van der Waals surface area contributed by atoms with E-state index in [0.29, 0.717) is 0 Å². The number of aromatic nitrogens is 1. The highest BCUT2D eigenvalue weighted by Crippen LogP contribution is 2.43. The maximum absolute atomic E-state index is 6.36. The molecule has 14 aromatic rings. The summed E-state index contributed by atoms with van der Waals surface area (Å²) in [6.07, 6.45) is 0.887. The van der Waals surface area contributed by atoms with Crippen molar-refractivity contribution in [2.75, 3.05) is 4.90 Å². The van der Waals surface area contributed by atoms with Crippen LogP contribution in [0.2, 0.25) is 0 Å². The lowest BCUT2D eigenvalue weighted by Gasteiger charge is -2.27. The standard InChI is InChI=1S/C70H48N2O/c1-46-39-58(35-36-60(46)61-24-11-10-19-54(61)40-47-15-4-2-5-16-47)71(59-34-29-48-17-8-9-18-52(48)42-59)57-32-27-49(28-33-57)50-20-14-21-51(41-50)53-30-37-66-64(43-53)65-45-63-55(44-67(65)72(66)56-22-6-3-7-23-56)31-38-69-70(63)62-25-12-13-26-68(62)73-69/h2-39,41-45H,40H2,1H3. The molecule has 3 nitrogen and oxygen atoms in total. The molecule has 0 saturated heterocycles. The van der Waals surface area contributed by atoms with E-state index >= 15 is 0 Å². The van der Waals surface area contributed by atoms with Crippen molar-refractivity contribution in [1.29, 1.82) is 0 Å². The van der Waals surface area contributed by atoms with Crippen LogP contribution >= 0.6 is 0 Å². The van der Waals surface area contributed by atoms with Gasteiger partial charge in [-0.2, -0.15) is 0 Å². The highest BCUT2D eigenvalue weighted by atomic mass is 16.3. The largest absolute Gasteiger partial charge is 0.456 e. The highest BCUT2D eigenvalue weighted by Gasteiger charge is 2.20. The molecule has 0 fully saturated rings. The van der Waals surface area contributed by atoms with Crippen molar-refractivity contribution in [3.63, 3.8) is 0 Å². The van der Waals surface area contributed by atoms with Gasteiger partial charge in [-0.1, -0.05) is 170 Å². The van der Waals surface area contributed by atoms with Gasteiger partial charge in [0.1, 0.15) is 11.2 Å². The zero-order valence-corrected chi connectivity index (χ0v) is 40.3. The van der Waals surface area contributed by atoms with Gasteiger partial charge < -0.3 is 13.9 Å². The Balaban J connectivity index is 0.843. The van der Waals surface area contributed by atoms with E-state index in [4.69, 9.17) is 4.42 Å². The van der Waals surface area contributed by atoms with Crippen molar-refractivity contribution >= 4 is 82.4 Å². The molecule has 0 amide bonds. The Kier molecular flexibility index (Phi) is 10.1. The van der Waals surface area contributed by atoms with Crippen LogP contribution in [0.15, 0.2) is 265 Å². The second kappa shape index (κ2) is 17.4. The van der Waals surface area contributed by atoms with Crippen LogP contribution in [-0.2, 0) is 6.42 Å². The summed E-state index contributed by atoms with van der Waals surface area (Å²) < 4.78 is 8.77. The predicted molar refractivity (Wildman–Crippen MR) is 308 cm³/mol. The third-order valence-electron chi connectivity index (χ3n) is 14.9. The minimum absolute atomic E-state index is 0.887. The maximum atomic E-state index is 6.36. The zero-order valence-electron chi connectivity index (χ0n) is 40.3. The first kappa shape index (κ1) is 42.4. The Labute approximate surface area is 424 Å². The third-order valence-corrected chi connectivity index (χ3v) is 14.9. The molecule has 0 unspecified atom stereocenters. The number of aryl methyl sites for hydroxylation is 1. The molecule has 0 radical (unpaired) electrons. The summed E-state index contributed by atoms with van der Waals surface area (Å²) in [5.41, 5.74) is 19.7. The van der Waals surface area contributed by atoms with Gasteiger partial charge in [-0.25, -0.2) is 0 Å². The fraction of sp³-hybridized carbons (Fsp3) is 0.0286. The minimum Gasteiger partial charge on any atom is -0.456 e. The maximum Gasteiger partial charge on any atom is 0.136 e. The average Bonchev–Trinajstić information content (AvgIpc) is 4.00. The van der Waals surface area contributed by atoms with Gasteiger partial charge >= 0.3 is 0 Å². The predicted octanol–water partition coefficient (Wildman–Crippen LogP) is 19.4. The second-order valence-corrected chi connectivity index (χ2v) is 19.3. The van der Waals surface area contributed by atoms with Gasteiger partial charge in [0.2, 0.25) is 0 Å². The molecule has 344 valence electrons.